The van der Waals surface area contributed by atoms with Gasteiger partial charge in [0.1, 0.15) is 17.6 Å². The van der Waals surface area contributed by atoms with E-state index >= 15 is 0 Å². The number of imidazole rings is 1. The maximum Gasteiger partial charge on any atom is 0.259 e. The molecule has 2 aromatic heterocycles. The lowest BCUT2D eigenvalue weighted by atomic mass is 9.80. The van der Waals surface area contributed by atoms with Gasteiger partial charge >= 0.3 is 0 Å². The van der Waals surface area contributed by atoms with Crippen molar-refractivity contribution >= 4 is 23.3 Å². The summed E-state index contributed by atoms with van der Waals surface area (Å²) in [5.74, 6) is 2.99. The fraction of sp³-hybridized carbons (Fsp3) is 0.684. The highest BCUT2D eigenvalue weighted by atomic mass is 35.5. The highest BCUT2D eigenvalue weighted by molar-refractivity contribution is 6.28. The molecule has 10 heteroatoms. The van der Waals surface area contributed by atoms with E-state index in [1.165, 1.54) is 12.8 Å². The molecule has 2 fully saturated rings. The molecule has 0 amide bonds. The number of hydrogen-bond acceptors (Lipinski definition) is 8. The molecule has 29 heavy (non-hydrogen) atoms. The Kier molecular flexibility index (Phi) is 3.93. The molecule has 2 aromatic rings. The molecule has 0 radical (unpaired) electrons. The van der Waals surface area contributed by atoms with Gasteiger partial charge in [-0.05, 0) is 50.1 Å². The van der Waals surface area contributed by atoms with Crippen LogP contribution in [0.15, 0.2) is 15.8 Å². The lowest BCUT2D eigenvalue weighted by Crippen LogP contribution is -2.54. The van der Waals surface area contributed by atoms with Gasteiger partial charge in [0.05, 0.1) is 6.20 Å². The van der Waals surface area contributed by atoms with E-state index in [-0.39, 0.29) is 6.17 Å². The normalized spacial score (nSPS) is 29.8. The second-order valence-electron chi connectivity index (χ2n) is 8.48. The number of methoxy groups -OCH3 is 1. The molecule has 3 atom stereocenters. The summed E-state index contributed by atoms with van der Waals surface area (Å²) in [5, 5.41) is 9.42. The molecule has 0 saturated heterocycles. The van der Waals surface area contributed by atoms with Crippen LogP contribution in [0, 0.1) is 5.92 Å². The van der Waals surface area contributed by atoms with Crippen LogP contribution in [0.3, 0.4) is 0 Å². The zero-order chi connectivity index (χ0) is 19.6. The summed E-state index contributed by atoms with van der Waals surface area (Å²) in [7, 11) is 1.72. The van der Waals surface area contributed by atoms with E-state index in [0.717, 1.165) is 44.3 Å². The molecule has 0 bridgehead atoms. The van der Waals surface area contributed by atoms with Crippen LogP contribution < -0.4 is 10.3 Å². The molecule has 0 spiro atoms. The molecule has 9 nitrogen and oxygen atoms in total. The Morgan fingerprint density at radius 1 is 1.24 bits per heavy atom. The average Bonchev–Trinajstić information content (AvgIpc) is 3.52. The van der Waals surface area contributed by atoms with Crippen molar-refractivity contribution in [2.75, 3.05) is 12.0 Å². The standard InChI is InChI=1S/C19H24ClN7O2/c1-28-19(8-4-5-9-19)17-22-14(25-29-17)16-24-23-15-11-6-2-3-7-12(11)26-13(27(15)16)10-21-18(26)20/h10-12,15,23H,2-9H2,1H3. The SMILES string of the molecule is COC1(c2nc(C3=NNC4C5CCCCC5n5c(cnc5Cl)N34)no2)CCCC1. The molecule has 154 valence electrons. The summed E-state index contributed by atoms with van der Waals surface area (Å²) in [5.41, 5.74) is 2.86. The summed E-state index contributed by atoms with van der Waals surface area (Å²) in [6, 6.07) is 0.341. The quantitative estimate of drug-likeness (QED) is 0.819. The van der Waals surface area contributed by atoms with Crippen molar-refractivity contribution < 1.29 is 9.26 Å². The Labute approximate surface area is 173 Å². The van der Waals surface area contributed by atoms with Crippen LogP contribution in [0.1, 0.15) is 69.1 Å². The van der Waals surface area contributed by atoms with Gasteiger partial charge in [0.25, 0.3) is 5.89 Å². The van der Waals surface area contributed by atoms with E-state index in [1.807, 2.05) is 6.20 Å². The topological polar surface area (TPSA) is 93.6 Å². The molecule has 4 heterocycles. The van der Waals surface area contributed by atoms with Gasteiger partial charge in [-0.3, -0.25) is 14.9 Å². The first kappa shape index (κ1) is 17.7. The van der Waals surface area contributed by atoms with Crippen molar-refractivity contribution in [1.82, 2.24) is 25.1 Å². The van der Waals surface area contributed by atoms with E-state index < -0.39 is 5.60 Å². The number of aromatic nitrogens is 4. The highest BCUT2D eigenvalue weighted by Gasteiger charge is 2.49. The van der Waals surface area contributed by atoms with Crippen LogP contribution in [0.2, 0.25) is 5.28 Å². The number of nitrogens with zero attached hydrogens (tertiary/aromatic N) is 6. The predicted molar refractivity (Wildman–Crippen MR) is 106 cm³/mol. The Hall–Kier alpha value is -2.13. The smallest absolute Gasteiger partial charge is 0.259 e. The van der Waals surface area contributed by atoms with Gasteiger partial charge in [-0.25, -0.2) is 4.98 Å². The maximum atomic E-state index is 6.49. The first-order valence-corrected chi connectivity index (χ1v) is 10.8. The van der Waals surface area contributed by atoms with Crippen molar-refractivity contribution in [3.63, 3.8) is 0 Å². The minimum Gasteiger partial charge on any atom is -0.368 e. The van der Waals surface area contributed by atoms with Crippen molar-refractivity contribution in [3.05, 3.63) is 23.2 Å². The number of nitrogens with one attached hydrogen (secondary N) is 1. The Morgan fingerprint density at radius 3 is 2.90 bits per heavy atom. The summed E-state index contributed by atoms with van der Waals surface area (Å²) in [6.07, 6.45) is 10.5. The van der Waals surface area contributed by atoms with Gasteiger partial charge in [-0.2, -0.15) is 10.1 Å². The van der Waals surface area contributed by atoms with E-state index in [4.69, 9.17) is 25.8 Å². The number of hydrazone groups is 1. The fourth-order valence-electron chi connectivity index (χ4n) is 5.66. The number of ether oxygens (including phenoxy) is 1. The average molecular weight is 418 g/mol. The first-order valence-electron chi connectivity index (χ1n) is 10.5. The minimum atomic E-state index is -0.474. The monoisotopic (exact) mass is 417 g/mol. The molecule has 2 aliphatic heterocycles. The number of hydrogen-bond donors (Lipinski definition) is 1. The predicted octanol–water partition coefficient (Wildman–Crippen LogP) is 3.18. The number of amidine groups is 1. The molecule has 2 saturated carbocycles. The van der Waals surface area contributed by atoms with Crippen molar-refractivity contribution in [2.24, 2.45) is 11.0 Å². The van der Waals surface area contributed by atoms with Crippen LogP contribution in [-0.4, -0.2) is 38.8 Å². The molecular formula is C19H24ClN7O2. The van der Waals surface area contributed by atoms with Crippen LogP contribution in [-0.2, 0) is 10.3 Å². The van der Waals surface area contributed by atoms with Gasteiger partial charge < -0.3 is 9.26 Å². The summed E-state index contributed by atoms with van der Waals surface area (Å²) in [6.45, 7) is 0. The van der Waals surface area contributed by atoms with E-state index in [0.29, 0.717) is 34.8 Å². The van der Waals surface area contributed by atoms with Crippen LogP contribution in [0.25, 0.3) is 0 Å². The number of anilines is 1. The van der Waals surface area contributed by atoms with Crippen LogP contribution >= 0.6 is 11.6 Å². The lowest BCUT2D eigenvalue weighted by Gasteiger charge is -2.45. The van der Waals surface area contributed by atoms with E-state index in [9.17, 15) is 0 Å². The Balaban J connectivity index is 1.39. The Bertz CT molecular complexity index is 964. The van der Waals surface area contributed by atoms with Gasteiger partial charge in [0, 0.05) is 19.1 Å². The fourth-order valence-corrected chi connectivity index (χ4v) is 5.92. The molecule has 4 aliphatic rings. The molecule has 6 rings (SSSR count). The lowest BCUT2D eigenvalue weighted by molar-refractivity contribution is -0.0342. The third kappa shape index (κ3) is 2.43. The summed E-state index contributed by atoms with van der Waals surface area (Å²) >= 11 is 6.49. The molecule has 3 unspecified atom stereocenters. The number of halogens is 1. The molecular weight excluding hydrogens is 394 g/mol. The highest BCUT2D eigenvalue weighted by Crippen LogP contribution is 2.47. The van der Waals surface area contributed by atoms with E-state index in [1.54, 1.807) is 7.11 Å². The second-order valence-corrected chi connectivity index (χ2v) is 8.82. The van der Waals surface area contributed by atoms with Gasteiger partial charge in [0.2, 0.25) is 16.9 Å². The molecule has 0 aromatic carbocycles. The Morgan fingerprint density at radius 2 is 2.07 bits per heavy atom. The zero-order valence-corrected chi connectivity index (χ0v) is 17.1. The number of rotatable bonds is 3. The van der Waals surface area contributed by atoms with Gasteiger partial charge in [-0.15, -0.1) is 0 Å². The third-order valence-corrected chi connectivity index (χ3v) is 7.40. The van der Waals surface area contributed by atoms with Gasteiger partial charge in [0.15, 0.2) is 0 Å². The summed E-state index contributed by atoms with van der Waals surface area (Å²) in [4.78, 5) is 11.2. The number of fused-ring (bicyclic) bond motifs is 6. The summed E-state index contributed by atoms with van der Waals surface area (Å²) < 4.78 is 13.6. The maximum absolute atomic E-state index is 6.49. The van der Waals surface area contributed by atoms with Crippen molar-refractivity contribution in [2.45, 2.75) is 69.2 Å². The third-order valence-electron chi connectivity index (χ3n) is 7.12. The first-order chi connectivity index (χ1) is 14.2. The zero-order valence-electron chi connectivity index (χ0n) is 16.3. The minimum absolute atomic E-state index is 0.0559. The van der Waals surface area contributed by atoms with Crippen LogP contribution in [0.4, 0.5) is 5.82 Å². The van der Waals surface area contributed by atoms with E-state index in [2.05, 4.69) is 30.1 Å². The molecule has 1 N–H and O–H groups in total. The largest absolute Gasteiger partial charge is 0.368 e. The van der Waals surface area contributed by atoms with Crippen molar-refractivity contribution in [3.8, 4) is 0 Å². The van der Waals surface area contributed by atoms with Crippen molar-refractivity contribution in [1.29, 1.82) is 0 Å². The second kappa shape index (κ2) is 6.43. The molecule has 2 aliphatic carbocycles. The van der Waals surface area contributed by atoms with Gasteiger partial charge in [-0.1, -0.05) is 18.0 Å². The van der Waals surface area contributed by atoms with Crippen LogP contribution in [0.5, 0.6) is 0 Å².